The van der Waals surface area contributed by atoms with Crippen molar-refractivity contribution in [1.29, 1.82) is 0 Å². The Kier molecular flexibility index (Phi) is 7.37. The van der Waals surface area contributed by atoms with E-state index in [1.807, 2.05) is 32.0 Å². The highest BCUT2D eigenvalue weighted by Crippen LogP contribution is 2.32. The smallest absolute Gasteiger partial charge is 0.221 e. The zero-order valence-electron chi connectivity index (χ0n) is 15.2. The van der Waals surface area contributed by atoms with Crippen LogP contribution >= 0.6 is 0 Å². The summed E-state index contributed by atoms with van der Waals surface area (Å²) in [5.74, 6) is 2.12. The minimum Gasteiger partial charge on any atom is -0.490 e. The molecule has 0 radical (unpaired) electrons. The van der Waals surface area contributed by atoms with Gasteiger partial charge in [-0.2, -0.15) is 0 Å². The monoisotopic (exact) mass is 348 g/mol. The number of aliphatic imine (C=N–C) groups is 1. The first kappa shape index (κ1) is 18.9. The Morgan fingerprint density at radius 2 is 2.04 bits per heavy atom. The molecule has 1 unspecified atom stereocenters. The van der Waals surface area contributed by atoms with E-state index in [0.717, 1.165) is 30.0 Å². The second-order valence-electron chi connectivity index (χ2n) is 5.96. The molecule has 0 spiro atoms. The number of anilines is 1. The molecule has 0 bridgehead atoms. The molecule has 0 aromatic heterocycles. The third-order valence-corrected chi connectivity index (χ3v) is 3.90. The van der Waals surface area contributed by atoms with Crippen LogP contribution in [0.4, 0.5) is 5.69 Å². The summed E-state index contributed by atoms with van der Waals surface area (Å²) in [6, 6.07) is 5.89. The summed E-state index contributed by atoms with van der Waals surface area (Å²) in [6.45, 7) is 5.86. The van der Waals surface area contributed by atoms with E-state index < -0.39 is 0 Å². The maximum atomic E-state index is 11.8. The highest BCUT2D eigenvalue weighted by Gasteiger charge is 2.11. The number of hydrogen-bond acceptors (Lipinski definition) is 4. The van der Waals surface area contributed by atoms with Gasteiger partial charge in [0, 0.05) is 44.2 Å². The number of fused-ring (bicyclic) bond motifs is 1. The maximum absolute atomic E-state index is 11.8. The fourth-order valence-electron chi connectivity index (χ4n) is 2.30. The summed E-state index contributed by atoms with van der Waals surface area (Å²) in [5.41, 5.74) is 0.849. The van der Waals surface area contributed by atoms with Crippen molar-refractivity contribution in [3.63, 3.8) is 0 Å². The molecule has 1 atom stereocenters. The van der Waals surface area contributed by atoms with Crippen molar-refractivity contribution in [1.82, 2.24) is 10.6 Å². The molecule has 7 nitrogen and oxygen atoms in total. The van der Waals surface area contributed by atoms with Gasteiger partial charge in [-0.3, -0.25) is 9.79 Å². The Bertz CT molecular complexity index is 604. The predicted octanol–water partition coefficient (Wildman–Crippen LogP) is 2.14. The van der Waals surface area contributed by atoms with Crippen molar-refractivity contribution in [3.8, 4) is 11.5 Å². The Hall–Kier alpha value is -2.44. The zero-order chi connectivity index (χ0) is 18.1. The van der Waals surface area contributed by atoms with Crippen LogP contribution < -0.4 is 25.4 Å². The van der Waals surface area contributed by atoms with Crippen molar-refractivity contribution in [2.75, 3.05) is 32.1 Å². The summed E-state index contributed by atoms with van der Waals surface area (Å²) in [7, 11) is 1.69. The number of carbonyl (C=O) groups is 1. The third-order valence-electron chi connectivity index (χ3n) is 3.90. The first-order valence-corrected chi connectivity index (χ1v) is 8.79. The van der Waals surface area contributed by atoms with Gasteiger partial charge in [-0.15, -0.1) is 0 Å². The highest BCUT2D eigenvalue weighted by molar-refractivity contribution is 5.94. The lowest BCUT2D eigenvalue weighted by Gasteiger charge is -2.15. The first-order chi connectivity index (χ1) is 12.1. The number of rotatable bonds is 6. The van der Waals surface area contributed by atoms with E-state index >= 15 is 0 Å². The lowest BCUT2D eigenvalue weighted by Crippen LogP contribution is -2.37. The Morgan fingerprint density at radius 3 is 2.76 bits per heavy atom. The first-order valence-electron chi connectivity index (χ1n) is 8.79. The number of guanidine groups is 1. The third kappa shape index (κ3) is 6.17. The van der Waals surface area contributed by atoms with E-state index in [4.69, 9.17) is 9.47 Å². The summed E-state index contributed by atoms with van der Waals surface area (Å²) in [5, 5.41) is 9.28. The van der Waals surface area contributed by atoms with Crippen LogP contribution in [0.3, 0.4) is 0 Å². The van der Waals surface area contributed by atoms with Crippen LogP contribution in [0.15, 0.2) is 23.2 Å². The Balaban J connectivity index is 1.84. The molecule has 2 rings (SSSR count). The van der Waals surface area contributed by atoms with Gasteiger partial charge in [0.05, 0.1) is 13.2 Å². The second-order valence-corrected chi connectivity index (χ2v) is 5.96. The molecule has 0 saturated carbocycles. The van der Waals surface area contributed by atoms with Gasteiger partial charge in [0.2, 0.25) is 5.91 Å². The van der Waals surface area contributed by atoms with Crippen molar-refractivity contribution in [2.24, 2.45) is 4.99 Å². The number of amides is 1. The van der Waals surface area contributed by atoms with Crippen molar-refractivity contribution >= 4 is 17.6 Å². The number of nitrogens with one attached hydrogen (secondary N) is 3. The van der Waals surface area contributed by atoms with Gasteiger partial charge >= 0.3 is 0 Å². The van der Waals surface area contributed by atoms with Crippen LogP contribution in [-0.2, 0) is 4.79 Å². The molecular weight excluding hydrogens is 320 g/mol. The molecule has 7 heteroatoms. The average Bonchev–Trinajstić information content (AvgIpc) is 2.85. The van der Waals surface area contributed by atoms with Gasteiger partial charge in [0.15, 0.2) is 17.5 Å². The van der Waals surface area contributed by atoms with Crippen LogP contribution in [0.5, 0.6) is 11.5 Å². The zero-order valence-corrected chi connectivity index (χ0v) is 15.2. The molecule has 0 aliphatic carbocycles. The minimum atomic E-state index is 0.0351. The lowest BCUT2D eigenvalue weighted by molar-refractivity contribution is -0.121. The van der Waals surface area contributed by atoms with Gasteiger partial charge in [0.25, 0.3) is 0 Å². The van der Waals surface area contributed by atoms with E-state index in [-0.39, 0.29) is 11.9 Å². The molecule has 138 valence electrons. The van der Waals surface area contributed by atoms with Crippen LogP contribution in [0, 0.1) is 0 Å². The molecule has 25 heavy (non-hydrogen) atoms. The van der Waals surface area contributed by atoms with E-state index in [2.05, 4.69) is 20.9 Å². The number of carbonyl (C=O) groups excluding carboxylic acids is 1. The van der Waals surface area contributed by atoms with Gasteiger partial charge in [-0.1, -0.05) is 6.92 Å². The van der Waals surface area contributed by atoms with Crippen LogP contribution in [-0.4, -0.2) is 44.7 Å². The predicted molar refractivity (Wildman–Crippen MR) is 99.5 cm³/mol. The molecule has 0 fully saturated rings. The largest absolute Gasteiger partial charge is 0.490 e. The molecule has 1 aromatic rings. The van der Waals surface area contributed by atoms with Gasteiger partial charge < -0.3 is 25.4 Å². The fourth-order valence-corrected chi connectivity index (χ4v) is 2.30. The normalized spacial score (nSPS) is 15.1. The summed E-state index contributed by atoms with van der Waals surface area (Å²) in [4.78, 5) is 16.0. The molecule has 1 aliphatic rings. The standard InChI is InChI=1S/C18H28N4O3/c1-4-13(2)21-17(23)8-9-20-18(19-3)22-14-6-7-15-16(12-14)25-11-5-10-24-15/h6-7,12-13H,4-5,8-11H2,1-3H3,(H,21,23)(H2,19,20,22). The molecule has 3 N–H and O–H groups in total. The van der Waals surface area contributed by atoms with Gasteiger partial charge in [-0.05, 0) is 25.5 Å². The number of hydrogen-bond donors (Lipinski definition) is 3. The minimum absolute atomic E-state index is 0.0351. The molecule has 1 aromatic carbocycles. The van der Waals surface area contributed by atoms with Crippen molar-refractivity contribution in [3.05, 3.63) is 18.2 Å². The summed E-state index contributed by atoms with van der Waals surface area (Å²) >= 11 is 0. The van der Waals surface area contributed by atoms with Crippen LogP contribution in [0.25, 0.3) is 0 Å². The number of nitrogens with zero attached hydrogens (tertiary/aromatic N) is 1. The second kappa shape index (κ2) is 9.76. The molecule has 1 aliphatic heterocycles. The van der Waals surface area contributed by atoms with E-state index in [1.165, 1.54) is 0 Å². The molecule has 1 heterocycles. The maximum Gasteiger partial charge on any atom is 0.221 e. The summed E-state index contributed by atoms with van der Waals surface area (Å²) in [6.07, 6.45) is 2.19. The van der Waals surface area contributed by atoms with Crippen molar-refractivity contribution < 1.29 is 14.3 Å². The SMILES string of the molecule is CCC(C)NC(=O)CCNC(=NC)Nc1ccc2c(c1)OCCCO2. The van der Waals surface area contributed by atoms with Gasteiger partial charge in [0.1, 0.15) is 0 Å². The van der Waals surface area contributed by atoms with E-state index in [1.54, 1.807) is 7.05 Å². The number of benzene rings is 1. The van der Waals surface area contributed by atoms with E-state index in [9.17, 15) is 4.79 Å². The quantitative estimate of drug-likeness (QED) is 0.542. The molecular formula is C18H28N4O3. The van der Waals surface area contributed by atoms with E-state index in [0.29, 0.717) is 32.1 Å². The van der Waals surface area contributed by atoms with Crippen molar-refractivity contribution in [2.45, 2.75) is 39.2 Å². The average molecular weight is 348 g/mol. The topological polar surface area (TPSA) is 84.0 Å². The highest BCUT2D eigenvalue weighted by atomic mass is 16.5. The lowest BCUT2D eigenvalue weighted by atomic mass is 10.2. The number of ether oxygens (including phenoxy) is 2. The fraction of sp³-hybridized carbons (Fsp3) is 0.556. The Morgan fingerprint density at radius 1 is 1.28 bits per heavy atom. The summed E-state index contributed by atoms with van der Waals surface area (Å²) < 4.78 is 11.3. The van der Waals surface area contributed by atoms with Crippen LogP contribution in [0.2, 0.25) is 0 Å². The van der Waals surface area contributed by atoms with Crippen LogP contribution in [0.1, 0.15) is 33.1 Å². The Labute approximate surface area is 149 Å². The molecule has 1 amide bonds. The van der Waals surface area contributed by atoms with Gasteiger partial charge in [-0.25, -0.2) is 0 Å². The molecule has 0 saturated heterocycles.